The van der Waals surface area contributed by atoms with Crippen LogP contribution < -0.4 is 10.9 Å². The first-order chi connectivity index (χ1) is 7.16. The maximum absolute atomic E-state index is 11.5. The molecule has 1 aromatic rings. The molecule has 1 unspecified atom stereocenters. The highest BCUT2D eigenvalue weighted by Crippen LogP contribution is 2.20. The minimum Gasteiger partial charge on any atom is -0.316 e. The lowest BCUT2D eigenvalue weighted by atomic mass is 10.0. The van der Waals surface area contributed by atoms with E-state index in [1.54, 1.807) is 6.07 Å². The first kappa shape index (κ1) is 10.4. The fourth-order valence-corrected chi connectivity index (χ4v) is 1.89. The van der Waals surface area contributed by atoms with Gasteiger partial charge in [0.15, 0.2) is 0 Å². The smallest absolute Gasteiger partial charge is 0.251 e. The maximum Gasteiger partial charge on any atom is 0.251 e. The number of hydrogen-bond acceptors (Lipinski definition) is 3. The Morgan fingerprint density at radius 3 is 2.93 bits per heavy atom. The molecule has 0 radical (unpaired) electrons. The summed E-state index contributed by atoms with van der Waals surface area (Å²) >= 11 is 0. The van der Waals surface area contributed by atoms with Crippen LogP contribution >= 0.6 is 0 Å². The molecule has 0 spiro atoms. The van der Waals surface area contributed by atoms with Crippen LogP contribution in [0.15, 0.2) is 10.9 Å². The summed E-state index contributed by atoms with van der Waals surface area (Å²) in [4.78, 5) is 18.8. The molecule has 2 rings (SSSR count). The van der Waals surface area contributed by atoms with Crippen molar-refractivity contribution in [3.05, 3.63) is 27.9 Å². The van der Waals surface area contributed by atoms with Gasteiger partial charge < -0.3 is 10.3 Å². The molecule has 0 amide bonds. The molecule has 2 N–H and O–H groups in total. The normalized spacial score (nSPS) is 21.1. The van der Waals surface area contributed by atoms with Crippen LogP contribution in [0.3, 0.4) is 0 Å². The van der Waals surface area contributed by atoms with Crippen LogP contribution in [0.25, 0.3) is 0 Å². The van der Waals surface area contributed by atoms with Gasteiger partial charge in [-0.2, -0.15) is 0 Å². The second-order valence-electron chi connectivity index (χ2n) is 4.40. The molecule has 1 atom stereocenters. The highest BCUT2D eigenvalue weighted by molar-refractivity contribution is 5.12. The summed E-state index contributed by atoms with van der Waals surface area (Å²) < 4.78 is 0. The Hall–Kier alpha value is -1.16. The molecule has 1 fully saturated rings. The number of aromatic amines is 1. The SMILES string of the molecule is CC(C)c1nc(C2CCNC2)cc(=O)[nH]1. The van der Waals surface area contributed by atoms with Gasteiger partial charge in [0.2, 0.25) is 0 Å². The summed E-state index contributed by atoms with van der Waals surface area (Å²) in [5, 5.41) is 3.29. The van der Waals surface area contributed by atoms with E-state index in [1.165, 1.54) is 0 Å². The van der Waals surface area contributed by atoms with Crippen LogP contribution in [0.5, 0.6) is 0 Å². The van der Waals surface area contributed by atoms with Crippen molar-refractivity contribution < 1.29 is 0 Å². The van der Waals surface area contributed by atoms with E-state index < -0.39 is 0 Å². The van der Waals surface area contributed by atoms with Crippen molar-refractivity contribution in [3.8, 4) is 0 Å². The van der Waals surface area contributed by atoms with Gasteiger partial charge in [0.1, 0.15) is 5.82 Å². The molecule has 2 heterocycles. The Morgan fingerprint density at radius 1 is 1.53 bits per heavy atom. The number of rotatable bonds is 2. The van der Waals surface area contributed by atoms with Crippen molar-refractivity contribution in [2.75, 3.05) is 13.1 Å². The molecular formula is C11H17N3O. The third-order valence-electron chi connectivity index (χ3n) is 2.81. The lowest BCUT2D eigenvalue weighted by Gasteiger charge is -2.10. The standard InChI is InChI=1S/C11H17N3O/c1-7(2)11-13-9(5-10(15)14-11)8-3-4-12-6-8/h5,7-8,12H,3-4,6H2,1-2H3,(H,13,14,15). The highest BCUT2D eigenvalue weighted by atomic mass is 16.1. The van der Waals surface area contributed by atoms with Crippen molar-refractivity contribution >= 4 is 0 Å². The van der Waals surface area contributed by atoms with Gasteiger partial charge in [0.05, 0.1) is 5.69 Å². The first-order valence-corrected chi connectivity index (χ1v) is 5.48. The molecule has 0 aliphatic carbocycles. The molecule has 4 heteroatoms. The molecule has 0 bridgehead atoms. The second kappa shape index (κ2) is 4.14. The van der Waals surface area contributed by atoms with Gasteiger partial charge in [0, 0.05) is 24.4 Å². The lowest BCUT2D eigenvalue weighted by Crippen LogP contribution is -2.17. The van der Waals surface area contributed by atoms with Gasteiger partial charge in [-0.3, -0.25) is 4.79 Å². The maximum atomic E-state index is 11.5. The van der Waals surface area contributed by atoms with E-state index in [0.717, 1.165) is 31.0 Å². The van der Waals surface area contributed by atoms with E-state index in [2.05, 4.69) is 15.3 Å². The number of nitrogens with one attached hydrogen (secondary N) is 2. The second-order valence-corrected chi connectivity index (χ2v) is 4.40. The van der Waals surface area contributed by atoms with E-state index in [4.69, 9.17) is 0 Å². The Labute approximate surface area is 89.1 Å². The molecule has 15 heavy (non-hydrogen) atoms. The van der Waals surface area contributed by atoms with E-state index in [9.17, 15) is 4.79 Å². The summed E-state index contributed by atoms with van der Waals surface area (Å²) in [6.45, 7) is 6.04. The van der Waals surface area contributed by atoms with Crippen molar-refractivity contribution in [2.24, 2.45) is 0 Å². The van der Waals surface area contributed by atoms with Crippen LogP contribution in [0, 0.1) is 0 Å². The molecule has 1 aliphatic rings. The Bertz CT molecular complexity index is 391. The molecule has 0 saturated carbocycles. The quantitative estimate of drug-likeness (QED) is 0.759. The molecule has 4 nitrogen and oxygen atoms in total. The van der Waals surface area contributed by atoms with Gasteiger partial charge in [-0.1, -0.05) is 13.8 Å². The summed E-state index contributed by atoms with van der Waals surface area (Å²) in [6.07, 6.45) is 1.08. The van der Waals surface area contributed by atoms with Crippen LogP contribution in [0.2, 0.25) is 0 Å². The van der Waals surface area contributed by atoms with E-state index in [-0.39, 0.29) is 11.5 Å². The summed E-state index contributed by atoms with van der Waals surface area (Å²) in [6, 6.07) is 1.63. The van der Waals surface area contributed by atoms with Crippen molar-refractivity contribution in [2.45, 2.75) is 32.1 Å². The van der Waals surface area contributed by atoms with Gasteiger partial charge in [-0.25, -0.2) is 4.98 Å². The Kier molecular flexibility index (Phi) is 2.86. The van der Waals surface area contributed by atoms with Crippen LogP contribution in [-0.2, 0) is 0 Å². The van der Waals surface area contributed by atoms with Crippen LogP contribution in [0.1, 0.15) is 43.6 Å². The topological polar surface area (TPSA) is 57.8 Å². The fourth-order valence-electron chi connectivity index (χ4n) is 1.89. The molecule has 1 saturated heterocycles. The van der Waals surface area contributed by atoms with Gasteiger partial charge in [0.25, 0.3) is 5.56 Å². The van der Waals surface area contributed by atoms with E-state index in [0.29, 0.717) is 5.92 Å². The number of hydrogen-bond donors (Lipinski definition) is 2. The van der Waals surface area contributed by atoms with E-state index >= 15 is 0 Å². The summed E-state index contributed by atoms with van der Waals surface area (Å²) in [5.41, 5.74) is 0.906. The monoisotopic (exact) mass is 207 g/mol. The first-order valence-electron chi connectivity index (χ1n) is 5.48. The molecule has 0 aromatic carbocycles. The molecule has 1 aliphatic heterocycles. The molecular weight excluding hydrogens is 190 g/mol. The highest BCUT2D eigenvalue weighted by Gasteiger charge is 2.19. The minimum atomic E-state index is -0.0319. The van der Waals surface area contributed by atoms with Gasteiger partial charge in [-0.05, 0) is 13.0 Å². The largest absolute Gasteiger partial charge is 0.316 e. The van der Waals surface area contributed by atoms with Crippen molar-refractivity contribution in [1.29, 1.82) is 0 Å². The minimum absolute atomic E-state index is 0.0319. The van der Waals surface area contributed by atoms with Crippen molar-refractivity contribution in [3.63, 3.8) is 0 Å². The average molecular weight is 207 g/mol. The molecule has 1 aromatic heterocycles. The van der Waals surface area contributed by atoms with Gasteiger partial charge >= 0.3 is 0 Å². The predicted octanol–water partition coefficient (Wildman–Crippen LogP) is 0.970. The number of aromatic nitrogens is 2. The van der Waals surface area contributed by atoms with Crippen LogP contribution in [0.4, 0.5) is 0 Å². The van der Waals surface area contributed by atoms with Gasteiger partial charge in [-0.15, -0.1) is 0 Å². The number of nitrogens with zero attached hydrogens (tertiary/aromatic N) is 1. The number of H-pyrrole nitrogens is 1. The lowest BCUT2D eigenvalue weighted by molar-refractivity contribution is 0.688. The Morgan fingerprint density at radius 2 is 2.33 bits per heavy atom. The summed E-state index contributed by atoms with van der Waals surface area (Å²) in [7, 11) is 0. The van der Waals surface area contributed by atoms with Crippen LogP contribution in [-0.4, -0.2) is 23.1 Å². The zero-order valence-corrected chi connectivity index (χ0v) is 9.21. The third kappa shape index (κ3) is 2.26. The zero-order valence-electron chi connectivity index (χ0n) is 9.21. The zero-order chi connectivity index (χ0) is 10.8. The Balaban J connectivity index is 2.34. The fraction of sp³-hybridized carbons (Fsp3) is 0.636. The summed E-state index contributed by atoms with van der Waals surface area (Å²) in [5.74, 6) is 1.47. The third-order valence-corrected chi connectivity index (χ3v) is 2.81. The van der Waals surface area contributed by atoms with Crippen molar-refractivity contribution in [1.82, 2.24) is 15.3 Å². The average Bonchev–Trinajstić information content (AvgIpc) is 2.69. The molecule has 82 valence electrons. The predicted molar refractivity (Wildman–Crippen MR) is 59.2 cm³/mol. The van der Waals surface area contributed by atoms with E-state index in [1.807, 2.05) is 13.8 Å².